The van der Waals surface area contributed by atoms with Crippen molar-refractivity contribution in [2.75, 3.05) is 27.4 Å². The highest BCUT2D eigenvalue weighted by atomic mass is 31.1. The van der Waals surface area contributed by atoms with Crippen LogP contribution in [0.5, 0.6) is 0 Å². The average Bonchev–Trinajstić information content (AvgIpc) is 2.83. The number of benzene rings is 2. The van der Waals surface area contributed by atoms with Gasteiger partial charge in [-0.15, -0.1) is 0 Å². The summed E-state index contributed by atoms with van der Waals surface area (Å²) in [6, 6.07) is 16.4. The predicted molar refractivity (Wildman–Crippen MR) is 137 cm³/mol. The molecule has 1 atom stereocenters. The van der Waals surface area contributed by atoms with E-state index in [4.69, 9.17) is 9.47 Å². The van der Waals surface area contributed by atoms with Gasteiger partial charge >= 0.3 is 7.80 Å². The fourth-order valence-electron chi connectivity index (χ4n) is 4.21. The highest BCUT2D eigenvalue weighted by molar-refractivity contribution is 7.61. The molecule has 2 rings (SSSR count). The third kappa shape index (κ3) is 9.94. The number of hydrogen-bond donors (Lipinski definition) is 0. The smallest absolute Gasteiger partial charge is 0.385 e. The van der Waals surface area contributed by atoms with Crippen molar-refractivity contribution >= 4 is 18.4 Å². The molecule has 0 spiro atoms. The zero-order valence-electron chi connectivity index (χ0n) is 20.2. The van der Waals surface area contributed by atoms with Gasteiger partial charge < -0.3 is 9.47 Å². The number of methoxy groups -OCH3 is 2. The second-order valence-corrected chi connectivity index (χ2v) is 10.2. The van der Waals surface area contributed by atoms with Gasteiger partial charge in [-0.2, -0.15) is 0 Å². The SMILES string of the molecule is COCCCCCCCc1cccc([P+](=O)c2ccccc2)c1CCCCCCCOC. The van der Waals surface area contributed by atoms with Crippen LogP contribution in [-0.2, 0) is 26.9 Å². The summed E-state index contributed by atoms with van der Waals surface area (Å²) in [5.74, 6) is 0. The van der Waals surface area contributed by atoms with E-state index < -0.39 is 7.80 Å². The van der Waals surface area contributed by atoms with Crippen molar-refractivity contribution in [3.8, 4) is 0 Å². The van der Waals surface area contributed by atoms with Gasteiger partial charge in [-0.3, -0.25) is 0 Å². The normalized spacial score (nSPS) is 11.6. The van der Waals surface area contributed by atoms with Gasteiger partial charge in [-0.25, -0.2) is 0 Å². The molecule has 0 amide bonds. The van der Waals surface area contributed by atoms with Crippen LogP contribution in [0.2, 0.25) is 0 Å². The first-order valence-electron chi connectivity index (χ1n) is 12.4. The van der Waals surface area contributed by atoms with Crippen molar-refractivity contribution in [3.05, 3.63) is 59.7 Å². The number of unbranched alkanes of at least 4 members (excludes halogenated alkanes) is 8. The Bertz CT molecular complexity index is 761. The Morgan fingerprint density at radius 1 is 0.625 bits per heavy atom. The Morgan fingerprint density at radius 3 is 1.81 bits per heavy atom. The Kier molecular flexibility index (Phi) is 14.2. The molecule has 0 N–H and O–H groups in total. The molecule has 0 saturated heterocycles. The highest BCUT2D eigenvalue weighted by Gasteiger charge is 2.27. The first-order valence-corrected chi connectivity index (χ1v) is 13.6. The van der Waals surface area contributed by atoms with Crippen LogP contribution in [0.15, 0.2) is 48.5 Å². The van der Waals surface area contributed by atoms with Gasteiger partial charge in [0.15, 0.2) is 10.6 Å². The van der Waals surface area contributed by atoms with E-state index in [-0.39, 0.29) is 0 Å². The van der Waals surface area contributed by atoms with Gasteiger partial charge in [0.1, 0.15) is 0 Å². The molecule has 2 aromatic rings. The number of ether oxygens (including phenoxy) is 2. The van der Waals surface area contributed by atoms with E-state index in [1.807, 2.05) is 30.3 Å². The third-order valence-electron chi connectivity index (χ3n) is 6.03. The van der Waals surface area contributed by atoms with Crippen molar-refractivity contribution in [1.82, 2.24) is 0 Å². The van der Waals surface area contributed by atoms with E-state index in [1.54, 1.807) is 14.2 Å². The first kappa shape index (κ1) is 26.7. The second kappa shape index (κ2) is 17.0. The van der Waals surface area contributed by atoms with Gasteiger partial charge in [0.25, 0.3) is 0 Å². The maximum Gasteiger partial charge on any atom is 0.415 e. The minimum absolute atomic E-state index is 0.857. The van der Waals surface area contributed by atoms with Crippen molar-refractivity contribution in [1.29, 1.82) is 0 Å². The molecule has 0 bridgehead atoms. The Labute approximate surface area is 196 Å². The molecule has 4 heteroatoms. The molecule has 32 heavy (non-hydrogen) atoms. The van der Waals surface area contributed by atoms with Crippen LogP contribution in [0.25, 0.3) is 0 Å². The van der Waals surface area contributed by atoms with Gasteiger partial charge in [-0.1, -0.05) is 73.4 Å². The van der Waals surface area contributed by atoms with Crippen molar-refractivity contribution < 1.29 is 14.0 Å². The first-order chi connectivity index (χ1) is 15.8. The minimum atomic E-state index is -1.55. The molecule has 0 radical (unpaired) electrons. The van der Waals surface area contributed by atoms with Crippen LogP contribution in [0.1, 0.15) is 75.3 Å². The summed E-state index contributed by atoms with van der Waals surface area (Å²) in [6.45, 7) is 1.72. The standard InChI is InChI=1S/C28H42O3P/c1-30-23-14-7-3-5-10-17-25-18-16-22-28(32(29)26-19-11-9-12-20-26)27(25)21-13-6-4-8-15-24-31-2/h9,11-12,16,18-20,22H,3-8,10,13-15,17,21,23-24H2,1-2H3/q+1. The third-order valence-corrected chi connectivity index (χ3v) is 7.65. The van der Waals surface area contributed by atoms with Crippen molar-refractivity contribution in [3.63, 3.8) is 0 Å². The Hall–Kier alpha value is -1.54. The zero-order chi connectivity index (χ0) is 22.9. The Balaban J connectivity index is 2.00. The molecular formula is C28H42O3P+. The molecular weight excluding hydrogens is 415 g/mol. The van der Waals surface area contributed by atoms with E-state index in [0.717, 1.165) is 55.9 Å². The van der Waals surface area contributed by atoms with Crippen LogP contribution >= 0.6 is 7.80 Å². The van der Waals surface area contributed by atoms with Crippen LogP contribution in [0.4, 0.5) is 0 Å². The molecule has 2 aromatic carbocycles. The molecule has 0 aliphatic carbocycles. The van der Waals surface area contributed by atoms with E-state index in [0.29, 0.717) is 0 Å². The maximum absolute atomic E-state index is 13.4. The van der Waals surface area contributed by atoms with E-state index in [1.165, 1.54) is 56.1 Å². The number of hydrogen-bond acceptors (Lipinski definition) is 3. The quantitative estimate of drug-likeness (QED) is 0.184. The maximum atomic E-state index is 13.4. The Morgan fingerprint density at radius 2 is 1.19 bits per heavy atom. The van der Waals surface area contributed by atoms with Crippen molar-refractivity contribution in [2.24, 2.45) is 0 Å². The van der Waals surface area contributed by atoms with E-state index in [9.17, 15) is 4.57 Å². The van der Waals surface area contributed by atoms with E-state index in [2.05, 4.69) is 18.2 Å². The summed E-state index contributed by atoms with van der Waals surface area (Å²) in [4.78, 5) is 0. The lowest BCUT2D eigenvalue weighted by atomic mass is 9.96. The fraction of sp³-hybridized carbons (Fsp3) is 0.571. The molecule has 176 valence electrons. The molecule has 0 aliphatic heterocycles. The van der Waals surface area contributed by atoms with E-state index >= 15 is 0 Å². The lowest BCUT2D eigenvalue weighted by Crippen LogP contribution is -2.14. The molecule has 0 aliphatic rings. The van der Waals surface area contributed by atoms with Gasteiger partial charge in [0.2, 0.25) is 0 Å². The second-order valence-electron chi connectivity index (χ2n) is 8.57. The van der Waals surface area contributed by atoms with Gasteiger partial charge in [-0.05, 0) is 62.3 Å². The largest absolute Gasteiger partial charge is 0.415 e. The molecule has 0 heterocycles. The average molecular weight is 458 g/mol. The highest BCUT2D eigenvalue weighted by Crippen LogP contribution is 2.26. The van der Waals surface area contributed by atoms with Crippen molar-refractivity contribution in [2.45, 2.75) is 77.0 Å². The number of rotatable bonds is 18. The molecule has 3 nitrogen and oxygen atoms in total. The zero-order valence-corrected chi connectivity index (χ0v) is 21.1. The summed E-state index contributed by atoms with van der Waals surface area (Å²) < 4.78 is 23.7. The lowest BCUT2D eigenvalue weighted by molar-refractivity contribution is 0.192. The molecule has 0 saturated carbocycles. The van der Waals surface area contributed by atoms with Crippen LogP contribution in [0.3, 0.4) is 0 Å². The predicted octanol–water partition coefficient (Wildman–Crippen LogP) is 6.74. The molecule has 0 fully saturated rings. The summed E-state index contributed by atoms with van der Waals surface area (Å²) in [7, 11) is 1.99. The summed E-state index contributed by atoms with van der Waals surface area (Å²) in [5.41, 5.74) is 2.74. The topological polar surface area (TPSA) is 35.5 Å². The van der Waals surface area contributed by atoms with Crippen LogP contribution in [0, 0.1) is 0 Å². The lowest BCUT2D eigenvalue weighted by Gasteiger charge is -2.11. The fourth-order valence-corrected chi connectivity index (χ4v) is 5.65. The molecule has 1 unspecified atom stereocenters. The summed E-state index contributed by atoms with van der Waals surface area (Å²) in [5, 5.41) is 1.97. The van der Waals surface area contributed by atoms with Crippen LogP contribution in [-0.4, -0.2) is 27.4 Å². The summed E-state index contributed by atoms with van der Waals surface area (Å²) >= 11 is 0. The van der Waals surface area contributed by atoms with Gasteiger partial charge in [0, 0.05) is 33.0 Å². The minimum Gasteiger partial charge on any atom is -0.385 e. The summed E-state index contributed by atoms with van der Waals surface area (Å²) in [6.07, 6.45) is 14.2. The van der Waals surface area contributed by atoms with Gasteiger partial charge in [0.05, 0.1) is 0 Å². The van der Waals surface area contributed by atoms with Crippen LogP contribution < -0.4 is 10.6 Å². The number of aryl methyl sites for hydroxylation is 1. The molecule has 0 aromatic heterocycles. The monoisotopic (exact) mass is 457 g/mol.